The Morgan fingerprint density at radius 3 is 2.29 bits per heavy atom. The van der Waals surface area contributed by atoms with Crippen molar-refractivity contribution in [2.45, 2.75) is 33.4 Å². The van der Waals surface area contributed by atoms with Gasteiger partial charge in [-0.25, -0.2) is 0 Å². The molecule has 0 aliphatic carbocycles. The van der Waals surface area contributed by atoms with E-state index in [2.05, 4.69) is 15.0 Å². The van der Waals surface area contributed by atoms with E-state index >= 15 is 0 Å². The summed E-state index contributed by atoms with van der Waals surface area (Å²) < 4.78 is 28.5. The molecule has 1 heterocycles. The number of benzene rings is 1. The van der Waals surface area contributed by atoms with Crippen LogP contribution >= 0.6 is 0 Å². The maximum absolute atomic E-state index is 12.1. The number of anilines is 1. The number of halogens is 2. The molecule has 5 heteroatoms. The fourth-order valence-corrected chi connectivity index (χ4v) is 2.09. The lowest BCUT2D eigenvalue weighted by Gasteiger charge is -2.17. The molecular formula is C16H18F2N2O. The van der Waals surface area contributed by atoms with Gasteiger partial charge in [-0.3, -0.25) is 4.98 Å². The normalized spacial score (nSPS) is 12.3. The Hall–Kier alpha value is -2.17. The summed E-state index contributed by atoms with van der Waals surface area (Å²) >= 11 is 0. The van der Waals surface area contributed by atoms with E-state index in [1.807, 2.05) is 32.9 Å². The predicted molar refractivity (Wildman–Crippen MR) is 78.8 cm³/mol. The zero-order valence-electron chi connectivity index (χ0n) is 12.2. The summed E-state index contributed by atoms with van der Waals surface area (Å²) in [5, 5.41) is 3.36. The predicted octanol–water partition coefficient (Wildman–Crippen LogP) is 4.47. The van der Waals surface area contributed by atoms with E-state index in [-0.39, 0.29) is 11.8 Å². The van der Waals surface area contributed by atoms with Crippen LogP contribution in [0.4, 0.5) is 14.5 Å². The van der Waals surface area contributed by atoms with Gasteiger partial charge in [0.1, 0.15) is 5.75 Å². The summed E-state index contributed by atoms with van der Waals surface area (Å²) in [5.41, 5.74) is 3.84. The third kappa shape index (κ3) is 4.15. The molecule has 1 aromatic heterocycles. The molecular weight excluding hydrogens is 274 g/mol. The third-order valence-corrected chi connectivity index (χ3v) is 3.20. The molecule has 112 valence electrons. The minimum absolute atomic E-state index is 0.0359. The molecule has 0 aliphatic rings. The van der Waals surface area contributed by atoms with E-state index in [4.69, 9.17) is 0 Å². The van der Waals surface area contributed by atoms with Gasteiger partial charge in [-0.15, -0.1) is 0 Å². The number of aryl methyl sites for hydroxylation is 2. The summed E-state index contributed by atoms with van der Waals surface area (Å²) in [4.78, 5) is 4.40. The third-order valence-electron chi connectivity index (χ3n) is 3.20. The standard InChI is InChI=1S/C16H18F2N2O/c1-10-4-9-15(12(3)19-10)20-11(2)13-5-7-14(8-6-13)21-16(17)18/h4-9,11,16,20H,1-3H3. The van der Waals surface area contributed by atoms with Crippen LogP contribution in [0.15, 0.2) is 36.4 Å². The van der Waals surface area contributed by atoms with Crippen LogP contribution in [0.3, 0.4) is 0 Å². The van der Waals surface area contributed by atoms with E-state index in [1.165, 1.54) is 0 Å². The topological polar surface area (TPSA) is 34.1 Å². The van der Waals surface area contributed by atoms with E-state index in [1.54, 1.807) is 24.3 Å². The second kappa shape index (κ2) is 6.52. The first-order chi connectivity index (χ1) is 9.95. The van der Waals surface area contributed by atoms with Crippen LogP contribution in [-0.2, 0) is 0 Å². The Kier molecular flexibility index (Phi) is 4.73. The number of ether oxygens (including phenoxy) is 1. The van der Waals surface area contributed by atoms with Gasteiger partial charge in [0.2, 0.25) is 0 Å². The van der Waals surface area contributed by atoms with E-state index in [0.717, 1.165) is 22.6 Å². The van der Waals surface area contributed by atoms with Gasteiger partial charge < -0.3 is 10.1 Å². The van der Waals surface area contributed by atoms with Gasteiger partial charge in [-0.2, -0.15) is 8.78 Å². The zero-order valence-corrected chi connectivity index (χ0v) is 12.2. The van der Waals surface area contributed by atoms with E-state index in [9.17, 15) is 8.78 Å². The van der Waals surface area contributed by atoms with Gasteiger partial charge in [-0.05, 0) is 50.6 Å². The van der Waals surface area contributed by atoms with Crippen molar-refractivity contribution in [2.75, 3.05) is 5.32 Å². The van der Waals surface area contributed by atoms with Crippen LogP contribution < -0.4 is 10.1 Å². The number of nitrogens with zero attached hydrogens (tertiary/aromatic N) is 1. The molecule has 0 amide bonds. The quantitative estimate of drug-likeness (QED) is 0.882. The molecule has 2 rings (SSSR count). The second-order valence-corrected chi connectivity index (χ2v) is 4.90. The summed E-state index contributed by atoms with van der Waals surface area (Å²) in [6.07, 6.45) is 0. The fourth-order valence-electron chi connectivity index (χ4n) is 2.09. The van der Waals surface area contributed by atoms with Crippen molar-refractivity contribution in [1.29, 1.82) is 0 Å². The lowest BCUT2D eigenvalue weighted by atomic mass is 10.1. The molecule has 0 saturated carbocycles. The summed E-state index contributed by atoms with van der Waals surface area (Å²) in [5.74, 6) is 0.161. The average molecular weight is 292 g/mol. The van der Waals surface area contributed by atoms with E-state index < -0.39 is 6.61 Å². The Morgan fingerprint density at radius 1 is 1.05 bits per heavy atom. The SMILES string of the molecule is Cc1ccc(NC(C)c2ccc(OC(F)F)cc2)c(C)n1. The van der Waals surface area contributed by atoms with Crippen molar-refractivity contribution in [2.24, 2.45) is 0 Å². The lowest BCUT2D eigenvalue weighted by molar-refractivity contribution is -0.0498. The molecule has 0 radical (unpaired) electrons. The van der Waals surface area contributed by atoms with Gasteiger partial charge in [0.05, 0.1) is 11.4 Å². The molecule has 21 heavy (non-hydrogen) atoms. The summed E-state index contributed by atoms with van der Waals surface area (Å²) in [6.45, 7) is 3.10. The number of pyridine rings is 1. The zero-order chi connectivity index (χ0) is 15.4. The second-order valence-electron chi connectivity index (χ2n) is 4.90. The number of hydrogen-bond acceptors (Lipinski definition) is 3. The first-order valence-electron chi connectivity index (χ1n) is 6.71. The molecule has 0 spiro atoms. The lowest BCUT2D eigenvalue weighted by Crippen LogP contribution is -2.09. The minimum atomic E-state index is -2.80. The molecule has 1 unspecified atom stereocenters. The fraction of sp³-hybridized carbons (Fsp3) is 0.312. The molecule has 2 aromatic rings. The summed E-state index contributed by atoms with van der Waals surface area (Å²) in [6, 6.07) is 10.6. The molecule has 0 aliphatic heterocycles. The largest absolute Gasteiger partial charge is 0.435 e. The molecule has 0 fully saturated rings. The van der Waals surface area contributed by atoms with Crippen molar-refractivity contribution in [1.82, 2.24) is 4.98 Å². The van der Waals surface area contributed by atoms with Crippen molar-refractivity contribution in [3.8, 4) is 5.75 Å². The highest BCUT2D eigenvalue weighted by Crippen LogP contribution is 2.23. The smallest absolute Gasteiger partial charge is 0.387 e. The van der Waals surface area contributed by atoms with E-state index in [0.29, 0.717) is 0 Å². The van der Waals surface area contributed by atoms with Gasteiger partial charge in [0.15, 0.2) is 0 Å². The van der Waals surface area contributed by atoms with Gasteiger partial charge in [0, 0.05) is 11.7 Å². The maximum atomic E-state index is 12.1. The maximum Gasteiger partial charge on any atom is 0.387 e. The molecule has 0 bridgehead atoms. The Morgan fingerprint density at radius 2 is 1.71 bits per heavy atom. The Bertz CT molecular complexity index is 600. The van der Waals surface area contributed by atoms with Crippen molar-refractivity contribution in [3.05, 3.63) is 53.3 Å². The number of aromatic nitrogens is 1. The molecule has 3 nitrogen and oxygen atoms in total. The highest BCUT2D eigenvalue weighted by Gasteiger charge is 2.09. The molecule has 1 N–H and O–H groups in total. The van der Waals surface area contributed by atoms with Crippen LogP contribution in [-0.4, -0.2) is 11.6 Å². The van der Waals surface area contributed by atoms with Gasteiger partial charge >= 0.3 is 6.61 Å². The van der Waals surface area contributed by atoms with Crippen LogP contribution in [0.2, 0.25) is 0 Å². The Labute approximate surface area is 123 Å². The number of alkyl halides is 2. The minimum Gasteiger partial charge on any atom is -0.435 e. The highest BCUT2D eigenvalue weighted by atomic mass is 19.3. The monoisotopic (exact) mass is 292 g/mol. The first kappa shape index (κ1) is 15.2. The molecule has 1 atom stereocenters. The van der Waals surface area contributed by atoms with Crippen LogP contribution in [0, 0.1) is 13.8 Å². The molecule has 1 aromatic carbocycles. The van der Waals surface area contributed by atoms with Crippen LogP contribution in [0.5, 0.6) is 5.75 Å². The average Bonchev–Trinajstić information content (AvgIpc) is 2.42. The number of hydrogen-bond donors (Lipinski definition) is 1. The van der Waals surface area contributed by atoms with Crippen molar-refractivity contribution < 1.29 is 13.5 Å². The number of rotatable bonds is 5. The van der Waals surface area contributed by atoms with Gasteiger partial charge in [-0.1, -0.05) is 12.1 Å². The number of nitrogens with one attached hydrogen (secondary N) is 1. The van der Waals surface area contributed by atoms with Crippen molar-refractivity contribution >= 4 is 5.69 Å². The molecule has 0 saturated heterocycles. The highest BCUT2D eigenvalue weighted by molar-refractivity contribution is 5.49. The summed E-state index contributed by atoms with van der Waals surface area (Å²) in [7, 11) is 0. The van der Waals surface area contributed by atoms with Crippen LogP contribution in [0.25, 0.3) is 0 Å². The van der Waals surface area contributed by atoms with Crippen molar-refractivity contribution in [3.63, 3.8) is 0 Å². The Balaban J connectivity index is 2.07. The first-order valence-corrected chi connectivity index (χ1v) is 6.71. The van der Waals surface area contributed by atoms with Crippen LogP contribution in [0.1, 0.15) is 29.9 Å². The van der Waals surface area contributed by atoms with Gasteiger partial charge in [0.25, 0.3) is 0 Å².